The van der Waals surface area contributed by atoms with Crippen LogP contribution < -0.4 is 5.43 Å². The number of fused-ring (bicyclic) bond motifs is 2. The summed E-state index contributed by atoms with van der Waals surface area (Å²) < 4.78 is 34.8. The summed E-state index contributed by atoms with van der Waals surface area (Å²) in [7, 11) is 0. The van der Waals surface area contributed by atoms with Crippen molar-refractivity contribution in [1.82, 2.24) is 9.97 Å². The van der Waals surface area contributed by atoms with Crippen molar-refractivity contribution in [2.24, 2.45) is 0 Å². The Bertz CT molecular complexity index is 1240. The van der Waals surface area contributed by atoms with Gasteiger partial charge in [-0.25, -0.2) is 8.78 Å². The van der Waals surface area contributed by atoms with Crippen LogP contribution in [0.15, 0.2) is 65.7 Å². The molecule has 0 fully saturated rings. The summed E-state index contributed by atoms with van der Waals surface area (Å²) in [6.07, 6.45) is 3.06. The molecule has 0 saturated carbocycles. The van der Waals surface area contributed by atoms with E-state index in [0.717, 1.165) is 5.39 Å². The Morgan fingerprint density at radius 3 is 2.14 bits per heavy atom. The standard InChI is InChI=1S/C9H5ClFN.C9H6FNO.Cl3OP/c10-8-3-4-12-9-5-6(11)1-2-7(8)9;10-6-1-2-7-8(5-6)11-4-3-9(7)12;1-5(2,3)4/h1-5H;1-5H,(H,11,12);. The molecule has 2 heterocycles. The molecule has 1 N–H and O–H groups in total. The second kappa shape index (κ2) is 10.4. The highest BCUT2D eigenvalue weighted by Crippen LogP contribution is 2.61. The predicted octanol–water partition coefficient (Wildman–Crippen LogP) is 7.51. The molecule has 0 radical (unpaired) electrons. The molecular weight excluding hydrogens is 487 g/mol. The van der Waals surface area contributed by atoms with E-state index >= 15 is 0 Å². The van der Waals surface area contributed by atoms with Gasteiger partial charge >= 0.3 is 5.20 Å². The average molecular weight is 498 g/mol. The van der Waals surface area contributed by atoms with E-state index in [2.05, 4.69) is 43.7 Å². The Balaban J connectivity index is 0.000000170. The van der Waals surface area contributed by atoms with Crippen LogP contribution in [0.5, 0.6) is 0 Å². The van der Waals surface area contributed by atoms with Crippen LogP contribution in [0.4, 0.5) is 8.78 Å². The maximum absolute atomic E-state index is 12.7. The molecule has 0 saturated heterocycles. The topological polar surface area (TPSA) is 62.8 Å². The number of nitrogens with zero attached hydrogens (tertiary/aromatic N) is 1. The van der Waals surface area contributed by atoms with E-state index < -0.39 is 5.20 Å². The van der Waals surface area contributed by atoms with Crippen LogP contribution in [0.1, 0.15) is 0 Å². The number of aromatic nitrogens is 2. The molecule has 0 atom stereocenters. The molecule has 0 aliphatic heterocycles. The zero-order valence-electron chi connectivity index (χ0n) is 14.3. The van der Waals surface area contributed by atoms with E-state index in [1.807, 2.05) is 0 Å². The maximum Gasteiger partial charge on any atom is 0.339 e. The van der Waals surface area contributed by atoms with Crippen LogP contribution >= 0.6 is 50.5 Å². The Morgan fingerprint density at radius 2 is 1.48 bits per heavy atom. The van der Waals surface area contributed by atoms with Gasteiger partial charge in [0, 0.05) is 35.3 Å². The van der Waals surface area contributed by atoms with E-state index in [4.69, 9.17) is 11.6 Å². The molecule has 0 aliphatic rings. The number of rotatable bonds is 0. The SMILES string of the molecule is Fc1ccc2c(Cl)ccnc2c1.O=P(Cl)(Cl)Cl.O=c1cc[nH]c2cc(F)ccc12. The van der Waals surface area contributed by atoms with Gasteiger partial charge in [0.15, 0.2) is 5.43 Å². The third-order valence-corrected chi connectivity index (χ3v) is 3.70. The zero-order valence-corrected chi connectivity index (χ0v) is 18.2. The highest BCUT2D eigenvalue weighted by Gasteiger charge is 2.03. The van der Waals surface area contributed by atoms with Gasteiger partial charge in [-0.2, -0.15) is 0 Å². The molecule has 4 nitrogen and oxygen atoms in total. The van der Waals surface area contributed by atoms with Gasteiger partial charge in [0.2, 0.25) is 0 Å². The van der Waals surface area contributed by atoms with Crippen LogP contribution in [-0.2, 0) is 4.57 Å². The van der Waals surface area contributed by atoms with Gasteiger partial charge < -0.3 is 4.98 Å². The fourth-order valence-electron chi connectivity index (χ4n) is 2.23. The third kappa shape index (κ3) is 7.92. The van der Waals surface area contributed by atoms with Gasteiger partial charge in [-0.1, -0.05) is 11.6 Å². The lowest BCUT2D eigenvalue weighted by atomic mass is 10.2. The smallest absolute Gasteiger partial charge is 0.339 e. The van der Waals surface area contributed by atoms with Crippen molar-refractivity contribution in [3.05, 3.63) is 87.8 Å². The molecule has 4 aromatic rings. The summed E-state index contributed by atoms with van der Waals surface area (Å²) in [5, 5.41) is -1.33. The van der Waals surface area contributed by atoms with Gasteiger partial charge in [-0.15, -0.1) is 0 Å². The van der Waals surface area contributed by atoms with Gasteiger partial charge in [0.25, 0.3) is 0 Å². The Hall–Kier alpha value is -1.69. The minimum absolute atomic E-state index is 0.0937. The van der Waals surface area contributed by atoms with Crippen molar-refractivity contribution in [2.45, 2.75) is 0 Å². The number of pyridine rings is 2. The summed E-state index contributed by atoms with van der Waals surface area (Å²) in [5.41, 5.74) is 1.02. The molecular formula is C18H11Cl4F2N2O2P. The van der Waals surface area contributed by atoms with Crippen molar-refractivity contribution in [1.29, 1.82) is 0 Å². The maximum atomic E-state index is 12.7. The lowest BCUT2D eigenvalue weighted by molar-refractivity contribution is 0.600. The minimum atomic E-state index is -3.22. The van der Waals surface area contributed by atoms with Crippen LogP contribution in [0.25, 0.3) is 21.8 Å². The van der Waals surface area contributed by atoms with E-state index in [9.17, 15) is 18.1 Å². The van der Waals surface area contributed by atoms with E-state index in [-0.39, 0.29) is 17.1 Å². The fraction of sp³-hybridized carbons (Fsp3) is 0. The molecule has 0 unspecified atom stereocenters. The molecule has 4 rings (SSSR count). The quantitative estimate of drug-likeness (QED) is 0.256. The average Bonchev–Trinajstić information content (AvgIpc) is 2.61. The first-order chi connectivity index (χ1) is 13.5. The largest absolute Gasteiger partial charge is 0.361 e. The highest BCUT2D eigenvalue weighted by molar-refractivity contribution is 8.24. The number of hydrogen-bond donors (Lipinski definition) is 1. The first-order valence-corrected chi connectivity index (χ1v) is 12.5. The van der Waals surface area contributed by atoms with E-state index in [0.29, 0.717) is 21.4 Å². The minimum Gasteiger partial charge on any atom is -0.361 e. The summed E-state index contributed by atoms with van der Waals surface area (Å²) in [5.74, 6) is -0.637. The zero-order chi connectivity index (χ0) is 21.6. The fourth-order valence-corrected chi connectivity index (χ4v) is 2.45. The molecule has 0 spiro atoms. The van der Waals surface area contributed by atoms with E-state index in [1.54, 1.807) is 18.3 Å². The molecule has 29 heavy (non-hydrogen) atoms. The summed E-state index contributed by atoms with van der Waals surface area (Å²) in [6.45, 7) is 0. The van der Waals surface area contributed by atoms with Crippen molar-refractivity contribution in [3.63, 3.8) is 0 Å². The second-order valence-electron chi connectivity index (χ2n) is 5.38. The summed E-state index contributed by atoms with van der Waals surface area (Å²) >= 11 is 19.7. The Labute approximate surface area is 183 Å². The number of benzene rings is 2. The van der Waals surface area contributed by atoms with Crippen LogP contribution in [0.2, 0.25) is 5.02 Å². The normalized spacial score (nSPS) is 10.7. The monoisotopic (exact) mass is 496 g/mol. The Kier molecular flexibility index (Phi) is 8.44. The number of H-pyrrole nitrogens is 1. The number of hydrogen-bond acceptors (Lipinski definition) is 3. The van der Waals surface area contributed by atoms with Crippen molar-refractivity contribution in [3.8, 4) is 0 Å². The van der Waals surface area contributed by atoms with E-state index in [1.165, 1.54) is 42.6 Å². The first kappa shape index (κ1) is 23.6. The molecule has 0 amide bonds. The lowest BCUT2D eigenvalue weighted by Gasteiger charge is -1.97. The molecule has 0 bridgehead atoms. The number of nitrogens with one attached hydrogen (secondary N) is 1. The summed E-state index contributed by atoms with van der Waals surface area (Å²) in [4.78, 5) is 17.9. The van der Waals surface area contributed by atoms with Crippen LogP contribution in [-0.4, -0.2) is 9.97 Å². The Morgan fingerprint density at radius 1 is 0.897 bits per heavy atom. The van der Waals surface area contributed by atoms with Crippen molar-refractivity contribution >= 4 is 72.3 Å². The van der Waals surface area contributed by atoms with Gasteiger partial charge in [-0.05, 0) is 70.1 Å². The van der Waals surface area contributed by atoms with Gasteiger partial charge in [0.05, 0.1) is 16.1 Å². The van der Waals surface area contributed by atoms with Gasteiger partial charge in [-0.3, -0.25) is 14.3 Å². The molecule has 152 valence electrons. The van der Waals surface area contributed by atoms with Crippen molar-refractivity contribution < 1.29 is 13.3 Å². The van der Waals surface area contributed by atoms with Crippen LogP contribution in [0.3, 0.4) is 0 Å². The highest BCUT2D eigenvalue weighted by atomic mass is 36.0. The summed E-state index contributed by atoms with van der Waals surface area (Å²) in [6, 6.07) is 11.5. The van der Waals surface area contributed by atoms with Crippen LogP contribution in [0, 0.1) is 11.6 Å². The molecule has 11 heteroatoms. The second-order valence-corrected chi connectivity index (χ2v) is 12.4. The number of halogens is 6. The number of aromatic amines is 1. The predicted molar refractivity (Wildman–Crippen MR) is 116 cm³/mol. The first-order valence-electron chi connectivity index (χ1n) is 7.70. The van der Waals surface area contributed by atoms with Crippen molar-refractivity contribution in [2.75, 3.05) is 0 Å². The molecule has 2 aromatic heterocycles. The van der Waals surface area contributed by atoms with Gasteiger partial charge in [0.1, 0.15) is 11.6 Å². The molecule has 0 aliphatic carbocycles. The molecule has 2 aromatic carbocycles. The third-order valence-electron chi connectivity index (χ3n) is 3.37. The lowest BCUT2D eigenvalue weighted by Crippen LogP contribution is -1.99.